The van der Waals surface area contributed by atoms with E-state index in [9.17, 15) is 31.6 Å². The Hall–Kier alpha value is -2.88. The van der Waals surface area contributed by atoms with E-state index in [1.807, 2.05) is 0 Å². The van der Waals surface area contributed by atoms with Crippen molar-refractivity contribution in [2.75, 3.05) is 26.7 Å². The Bertz CT molecular complexity index is 1280. The lowest BCUT2D eigenvalue weighted by molar-refractivity contribution is 0.0710. The van der Waals surface area contributed by atoms with E-state index in [1.54, 1.807) is 13.0 Å². The second-order valence-corrected chi connectivity index (χ2v) is 10.9. The molecule has 2 aromatic rings. The van der Waals surface area contributed by atoms with E-state index in [0.29, 0.717) is 6.54 Å². The largest absolute Gasteiger partial charge is 0.472 e. The van der Waals surface area contributed by atoms with Crippen LogP contribution >= 0.6 is 11.6 Å². The van der Waals surface area contributed by atoms with Gasteiger partial charge in [0.05, 0.1) is 10.8 Å². The van der Waals surface area contributed by atoms with Gasteiger partial charge in [-0.1, -0.05) is 24.6 Å². The number of nitriles is 1. The normalized spacial score (nSPS) is 14.8. The van der Waals surface area contributed by atoms with Crippen molar-refractivity contribution in [2.45, 2.75) is 38.0 Å². The van der Waals surface area contributed by atoms with Crippen LogP contribution in [-0.4, -0.2) is 60.4 Å². The first-order chi connectivity index (χ1) is 17.0. The molecule has 0 bridgehead atoms. The van der Waals surface area contributed by atoms with Crippen LogP contribution in [0.25, 0.3) is 0 Å². The van der Waals surface area contributed by atoms with Crippen molar-refractivity contribution in [3.63, 3.8) is 0 Å². The summed E-state index contributed by atoms with van der Waals surface area (Å²) in [6, 6.07) is 6.55. The van der Waals surface area contributed by atoms with Gasteiger partial charge in [0.15, 0.2) is 0 Å². The van der Waals surface area contributed by atoms with Gasteiger partial charge in [0.2, 0.25) is 15.9 Å². The van der Waals surface area contributed by atoms with Crippen LogP contribution in [0.4, 0.5) is 13.2 Å². The average molecular weight is 545 g/mol. The monoisotopic (exact) mass is 544 g/mol. The standard InChI is InChI=1S/C23H24ClF3N4O4S/c1-3-30(2)36(33,34)17-6-8-31(9-7-17)23(32)18-10-15(12-28)22(29-20(18)21(26)27)35-13-14-4-5-16(24)11-19(14)25/h4-5,10-11,17,21H,3,6-9,13H2,1-2H3. The van der Waals surface area contributed by atoms with E-state index in [2.05, 4.69) is 4.98 Å². The minimum absolute atomic E-state index is 0.0406. The number of sulfonamides is 1. The number of aromatic nitrogens is 1. The van der Waals surface area contributed by atoms with Gasteiger partial charge in [-0.3, -0.25) is 4.79 Å². The van der Waals surface area contributed by atoms with Crippen molar-refractivity contribution in [1.82, 2.24) is 14.2 Å². The number of nitrogens with zero attached hydrogens (tertiary/aromatic N) is 4. The first-order valence-corrected chi connectivity index (χ1v) is 12.9. The van der Waals surface area contributed by atoms with Crippen LogP contribution in [0.1, 0.15) is 53.4 Å². The van der Waals surface area contributed by atoms with Gasteiger partial charge >= 0.3 is 0 Å². The van der Waals surface area contributed by atoms with Crippen LogP contribution in [0.15, 0.2) is 24.3 Å². The number of benzene rings is 1. The van der Waals surface area contributed by atoms with Crippen molar-refractivity contribution in [1.29, 1.82) is 5.26 Å². The summed E-state index contributed by atoms with van der Waals surface area (Å²) in [4.78, 5) is 18.1. The number of rotatable bonds is 8. The summed E-state index contributed by atoms with van der Waals surface area (Å²) >= 11 is 5.71. The van der Waals surface area contributed by atoms with E-state index < -0.39 is 57.2 Å². The third-order valence-corrected chi connectivity index (χ3v) is 8.66. The molecule has 1 aromatic heterocycles. The number of likely N-dealkylation sites (tertiary alicyclic amines) is 1. The van der Waals surface area contributed by atoms with Crippen molar-refractivity contribution in [3.05, 3.63) is 57.5 Å². The Balaban J connectivity index is 1.82. The summed E-state index contributed by atoms with van der Waals surface area (Å²) < 4.78 is 73.4. The molecule has 0 radical (unpaired) electrons. The molecule has 8 nitrogen and oxygen atoms in total. The zero-order chi connectivity index (χ0) is 26.6. The molecule has 1 aliphatic heterocycles. The number of hydrogen-bond acceptors (Lipinski definition) is 6. The highest BCUT2D eigenvalue weighted by Gasteiger charge is 2.35. The maximum absolute atomic E-state index is 14.0. The Morgan fingerprint density at radius 1 is 1.33 bits per heavy atom. The molecule has 0 spiro atoms. The van der Waals surface area contributed by atoms with Crippen LogP contribution in [0, 0.1) is 17.1 Å². The van der Waals surface area contributed by atoms with Crippen LogP contribution in [0.3, 0.4) is 0 Å². The SMILES string of the molecule is CCN(C)S(=O)(=O)C1CCN(C(=O)c2cc(C#N)c(OCc3ccc(Cl)cc3F)nc2C(F)F)CC1. The highest BCUT2D eigenvalue weighted by atomic mass is 35.5. The van der Waals surface area contributed by atoms with E-state index in [1.165, 1.54) is 28.4 Å². The fraction of sp³-hybridized carbons (Fsp3) is 0.435. The van der Waals surface area contributed by atoms with E-state index in [4.69, 9.17) is 16.3 Å². The van der Waals surface area contributed by atoms with Gasteiger partial charge in [0.1, 0.15) is 29.8 Å². The molecule has 2 heterocycles. The molecule has 1 aromatic carbocycles. The smallest absolute Gasteiger partial charge is 0.281 e. The molecule has 3 rings (SSSR count). The van der Waals surface area contributed by atoms with E-state index in [0.717, 1.165) is 12.1 Å². The molecular formula is C23H24ClF3N4O4S. The Labute approximate surface area is 212 Å². The summed E-state index contributed by atoms with van der Waals surface area (Å²) in [5, 5.41) is 8.99. The Kier molecular flexibility index (Phi) is 8.81. The number of halogens is 4. The predicted molar refractivity (Wildman–Crippen MR) is 126 cm³/mol. The van der Waals surface area contributed by atoms with Gasteiger partial charge in [-0.05, 0) is 31.0 Å². The second kappa shape index (κ2) is 11.5. The summed E-state index contributed by atoms with van der Waals surface area (Å²) in [7, 11) is -2.06. The molecule has 1 amide bonds. The number of pyridine rings is 1. The maximum Gasteiger partial charge on any atom is 0.281 e. The van der Waals surface area contributed by atoms with Crippen molar-refractivity contribution < 1.29 is 31.1 Å². The van der Waals surface area contributed by atoms with Gasteiger partial charge in [-0.2, -0.15) is 5.26 Å². The van der Waals surface area contributed by atoms with Gasteiger partial charge in [0.25, 0.3) is 12.3 Å². The highest BCUT2D eigenvalue weighted by Crippen LogP contribution is 2.30. The maximum atomic E-state index is 14.0. The van der Waals surface area contributed by atoms with Crippen LogP contribution < -0.4 is 4.74 Å². The third kappa shape index (κ3) is 5.91. The molecule has 0 atom stereocenters. The molecule has 0 unspecified atom stereocenters. The van der Waals surface area contributed by atoms with Gasteiger partial charge < -0.3 is 9.64 Å². The minimum atomic E-state index is -3.53. The van der Waals surface area contributed by atoms with Gasteiger partial charge in [0, 0.05) is 37.3 Å². The average Bonchev–Trinajstić information content (AvgIpc) is 2.86. The first-order valence-electron chi connectivity index (χ1n) is 11.0. The summed E-state index contributed by atoms with van der Waals surface area (Å²) in [6.45, 7) is 1.69. The van der Waals surface area contributed by atoms with Crippen molar-refractivity contribution in [3.8, 4) is 11.9 Å². The molecule has 1 fully saturated rings. The second-order valence-electron chi connectivity index (χ2n) is 8.16. The lowest BCUT2D eigenvalue weighted by atomic mass is 10.1. The van der Waals surface area contributed by atoms with Crippen molar-refractivity contribution >= 4 is 27.5 Å². The number of hydrogen-bond donors (Lipinski definition) is 0. The lowest BCUT2D eigenvalue weighted by Crippen LogP contribution is -2.46. The third-order valence-electron chi connectivity index (χ3n) is 5.98. The summed E-state index contributed by atoms with van der Waals surface area (Å²) in [5.74, 6) is -1.94. The van der Waals surface area contributed by atoms with Crippen molar-refractivity contribution in [2.24, 2.45) is 0 Å². The zero-order valence-electron chi connectivity index (χ0n) is 19.5. The Morgan fingerprint density at radius 2 is 2.00 bits per heavy atom. The topological polar surface area (TPSA) is 104 Å². The van der Waals surface area contributed by atoms with Crippen LogP contribution in [0.2, 0.25) is 5.02 Å². The quantitative estimate of drug-likeness (QED) is 0.494. The fourth-order valence-electron chi connectivity index (χ4n) is 3.78. The molecule has 36 heavy (non-hydrogen) atoms. The van der Waals surface area contributed by atoms with Crippen LogP contribution in [0.5, 0.6) is 5.88 Å². The number of carbonyl (C=O) groups excluding carboxylic acids is 1. The van der Waals surface area contributed by atoms with Gasteiger partial charge in [-0.25, -0.2) is 30.9 Å². The minimum Gasteiger partial charge on any atom is -0.472 e. The molecule has 1 saturated heterocycles. The van der Waals surface area contributed by atoms with E-state index in [-0.39, 0.29) is 42.1 Å². The number of alkyl halides is 2. The molecule has 0 aliphatic carbocycles. The zero-order valence-corrected chi connectivity index (χ0v) is 21.1. The number of amides is 1. The van der Waals surface area contributed by atoms with Gasteiger partial charge in [-0.15, -0.1) is 0 Å². The summed E-state index contributed by atoms with van der Waals surface area (Å²) in [5.41, 5.74) is -1.57. The Morgan fingerprint density at radius 3 is 2.56 bits per heavy atom. The fourth-order valence-corrected chi connectivity index (χ4v) is 5.62. The number of carbonyl (C=O) groups is 1. The summed E-state index contributed by atoms with van der Waals surface area (Å²) in [6.07, 6.45) is -2.87. The molecule has 13 heteroatoms. The molecule has 194 valence electrons. The number of ether oxygens (including phenoxy) is 1. The first kappa shape index (κ1) is 27.7. The van der Waals surface area contributed by atoms with Crippen LogP contribution in [-0.2, 0) is 16.6 Å². The number of piperidine rings is 1. The lowest BCUT2D eigenvalue weighted by Gasteiger charge is -2.33. The molecule has 1 aliphatic rings. The predicted octanol–water partition coefficient (Wildman–Crippen LogP) is 4.15. The molecular weight excluding hydrogens is 521 g/mol. The highest BCUT2D eigenvalue weighted by molar-refractivity contribution is 7.89. The molecule has 0 N–H and O–H groups in total. The molecule has 0 saturated carbocycles. The van der Waals surface area contributed by atoms with E-state index >= 15 is 0 Å².